The van der Waals surface area contributed by atoms with E-state index < -0.39 is 0 Å². The average molecular weight is 501 g/mol. The number of amides is 1. The van der Waals surface area contributed by atoms with Gasteiger partial charge >= 0.3 is 5.96 Å². The van der Waals surface area contributed by atoms with E-state index in [4.69, 9.17) is 16.3 Å². The van der Waals surface area contributed by atoms with Crippen LogP contribution in [0.25, 0.3) is 16.1 Å². The van der Waals surface area contributed by atoms with Gasteiger partial charge in [-0.3, -0.25) is 9.78 Å². The third-order valence-electron chi connectivity index (χ3n) is 6.02. The largest absolute Gasteiger partial charge is 0.500 e. The Labute approximate surface area is 216 Å². The minimum Gasteiger partial charge on any atom is -0.372 e. The maximum atomic E-state index is 12.7. The number of carbonyl (C=O) groups excluding carboxylic acids is 1. The number of rotatable bonds is 2. The molecule has 8 heteroatoms. The number of ether oxygens (including phenoxy) is 1. The smallest absolute Gasteiger partial charge is 0.372 e. The Morgan fingerprint density at radius 3 is 2.69 bits per heavy atom. The predicted molar refractivity (Wildman–Crippen MR) is 147 cm³/mol. The van der Waals surface area contributed by atoms with Crippen LogP contribution >= 0.6 is 11.9 Å². The van der Waals surface area contributed by atoms with Crippen molar-refractivity contribution in [2.75, 3.05) is 13.2 Å². The van der Waals surface area contributed by atoms with Crippen LogP contribution in [0.3, 0.4) is 0 Å². The van der Waals surface area contributed by atoms with Crippen LogP contribution < -0.4 is 10.0 Å². The molecule has 2 atom stereocenters. The quantitative estimate of drug-likeness (QED) is 0.573. The zero-order valence-electron chi connectivity index (χ0n) is 20.7. The zero-order valence-corrected chi connectivity index (χ0v) is 21.5. The number of aryl methyl sites for hydroxylation is 2. The van der Waals surface area contributed by atoms with Gasteiger partial charge < -0.3 is 10.1 Å². The van der Waals surface area contributed by atoms with Crippen molar-refractivity contribution >= 4 is 35.1 Å². The Kier molecular flexibility index (Phi) is 8.36. The van der Waals surface area contributed by atoms with Crippen LogP contribution in [0.4, 0.5) is 0 Å². The number of aromatic nitrogens is 1. The highest BCUT2D eigenvalue weighted by Crippen LogP contribution is 2.32. The fourth-order valence-corrected chi connectivity index (χ4v) is 4.90. The van der Waals surface area contributed by atoms with Crippen molar-refractivity contribution in [3.05, 3.63) is 93.6 Å². The Morgan fingerprint density at radius 2 is 1.97 bits per heavy atom. The Morgan fingerprint density at radius 1 is 1.17 bits per heavy atom. The van der Waals surface area contributed by atoms with E-state index in [2.05, 4.69) is 45.8 Å². The van der Waals surface area contributed by atoms with E-state index in [1.54, 1.807) is 6.20 Å². The summed E-state index contributed by atoms with van der Waals surface area (Å²) >= 11 is 1.41. The molecule has 2 aromatic rings. The third kappa shape index (κ3) is 6.11. The van der Waals surface area contributed by atoms with E-state index in [1.807, 2.05) is 49.4 Å². The maximum Gasteiger partial charge on any atom is 0.500 e. The van der Waals surface area contributed by atoms with Gasteiger partial charge in [0.1, 0.15) is 6.57 Å². The topological polar surface area (TPSA) is 80.0 Å². The van der Waals surface area contributed by atoms with Crippen LogP contribution in [0.1, 0.15) is 35.7 Å². The van der Waals surface area contributed by atoms with Gasteiger partial charge in [0.2, 0.25) is 5.91 Å². The number of carbonyl (C=O) groups is 1. The van der Waals surface area contributed by atoms with E-state index in [1.165, 1.54) is 11.9 Å². The van der Waals surface area contributed by atoms with Crippen molar-refractivity contribution in [1.82, 2.24) is 15.0 Å². The van der Waals surface area contributed by atoms with Gasteiger partial charge in [-0.25, -0.2) is 0 Å². The number of hydrogen-bond donors (Lipinski definition) is 2. The van der Waals surface area contributed by atoms with Crippen molar-refractivity contribution in [2.24, 2.45) is 4.99 Å². The fraction of sp³-hybridized carbons (Fsp3) is 0.286. The van der Waals surface area contributed by atoms with Crippen molar-refractivity contribution in [3.63, 3.8) is 0 Å². The predicted octanol–water partition coefficient (Wildman–Crippen LogP) is 4.91. The summed E-state index contributed by atoms with van der Waals surface area (Å²) in [6, 6.07) is 11.9. The summed E-state index contributed by atoms with van der Waals surface area (Å²) in [6.45, 7) is 12.5. The number of benzene rings is 1. The van der Waals surface area contributed by atoms with Crippen LogP contribution in [0.2, 0.25) is 0 Å². The number of nitrogens with zero attached hydrogens (tertiary/aromatic N) is 3. The molecule has 1 aliphatic heterocycles. The molecule has 2 aliphatic rings. The molecule has 1 aromatic heterocycles. The standard InChI is InChI=1S/C28H29N5O2S/c1-18-9-7-10-19(2)25(18)26-23(24-13-5-6-14-30-24)17-35-20(3)16-31-27(34)21-11-8-12-22(15-21)36-33-28(29-4)32-26/h4-14,20,22H,15-17H2,1-3H3,(H-,30,31,32,33,34)/p+1/t20-,22?/m1/s1. The highest BCUT2D eigenvalue weighted by molar-refractivity contribution is 7.98. The van der Waals surface area contributed by atoms with Crippen LogP contribution in [-0.2, 0) is 9.53 Å². The average Bonchev–Trinajstić information content (AvgIpc) is 2.89. The normalized spacial score (nSPS) is 23.2. The number of aliphatic imine (C=N–C) groups is 1. The Balaban J connectivity index is 1.87. The van der Waals surface area contributed by atoms with Gasteiger partial charge in [0, 0.05) is 41.4 Å². The lowest BCUT2D eigenvalue weighted by molar-refractivity contribution is -0.118. The van der Waals surface area contributed by atoms with Gasteiger partial charge in [0.15, 0.2) is 5.70 Å². The van der Waals surface area contributed by atoms with Crippen LogP contribution in [0, 0.1) is 20.4 Å². The van der Waals surface area contributed by atoms with E-state index in [-0.39, 0.29) is 29.8 Å². The molecule has 2 bridgehead atoms. The highest BCUT2D eigenvalue weighted by atomic mass is 32.2. The van der Waals surface area contributed by atoms with Crippen LogP contribution in [0.5, 0.6) is 0 Å². The van der Waals surface area contributed by atoms with E-state index in [0.29, 0.717) is 24.2 Å². The van der Waals surface area contributed by atoms with Gasteiger partial charge in [0.05, 0.1) is 23.7 Å². The molecule has 0 spiro atoms. The first-order valence-corrected chi connectivity index (χ1v) is 12.7. The monoisotopic (exact) mass is 500 g/mol. The number of nitrogens with one attached hydrogen (secondary N) is 2. The summed E-state index contributed by atoms with van der Waals surface area (Å²) in [4.78, 5) is 26.2. The number of fused-ring (bicyclic) bond motifs is 2. The first kappa shape index (κ1) is 25.4. The van der Waals surface area contributed by atoms with E-state index >= 15 is 0 Å². The number of pyridine rings is 1. The summed E-state index contributed by atoms with van der Waals surface area (Å²) in [6.07, 6.45) is 7.87. The molecular formula is C28H30N5O2S+. The van der Waals surface area contributed by atoms with Crippen molar-refractivity contribution < 1.29 is 9.53 Å². The summed E-state index contributed by atoms with van der Waals surface area (Å²) < 4.78 is 9.43. The fourth-order valence-electron chi connectivity index (χ4n) is 4.11. The molecule has 1 aliphatic carbocycles. The minimum atomic E-state index is -0.234. The number of hydrogen-bond acceptors (Lipinski definition) is 6. The van der Waals surface area contributed by atoms with Crippen LogP contribution in [-0.4, -0.2) is 41.4 Å². The lowest BCUT2D eigenvalue weighted by atomic mass is 9.96. The Hall–Kier alpha value is -3.67. The zero-order chi connectivity index (χ0) is 25.5. The molecular weight excluding hydrogens is 470 g/mol. The molecule has 184 valence electrons. The minimum absolute atomic E-state index is 0.0180. The lowest BCUT2D eigenvalue weighted by Gasteiger charge is -2.18. The van der Waals surface area contributed by atoms with Gasteiger partial charge in [-0.1, -0.05) is 47.5 Å². The number of allylic oxidation sites excluding steroid dienone is 2. The molecule has 0 radical (unpaired) electrons. The summed E-state index contributed by atoms with van der Waals surface area (Å²) in [5, 5.41) is 3.02. The molecule has 7 nitrogen and oxygen atoms in total. The summed E-state index contributed by atoms with van der Waals surface area (Å²) in [5.41, 5.74) is 6.05. The SMILES string of the molecule is C#[N+]C1=N/C(c2c(C)cccc2C)=C(/c2ccccn2)CO[C@H](C)CNC(=O)C2=CC=CC(C2)SN1. The first-order valence-electron chi connectivity index (χ1n) is 11.9. The van der Waals surface area contributed by atoms with E-state index in [9.17, 15) is 4.79 Å². The molecule has 2 N–H and O–H groups in total. The molecule has 1 amide bonds. The van der Waals surface area contributed by atoms with E-state index in [0.717, 1.165) is 28.0 Å². The van der Waals surface area contributed by atoms with Crippen molar-refractivity contribution in [2.45, 2.75) is 38.5 Å². The summed E-state index contributed by atoms with van der Waals surface area (Å²) in [7, 11) is 0. The first-order chi connectivity index (χ1) is 17.5. The molecule has 4 rings (SSSR count). The van der Waals surface area contributed by atoms with Gasteiger partial charge in [-0.05, 0) is 50.5 Å². The lowest BCUT2D eigenvalue weighted by Crippen LogP contribution is -2.34. The van der Waals surface area contributed by atoms with Crippen molar-refractivity contribution in [3.8, 4) is 6.57 Å². The molecule has 2 heterocycles. The number of guanidine groups is 1. The van der Waals surface area contributed by atoms with Gasteiger partial charge in [-0.2, -0.15) is 9.57 Å². The second-order valence-corrected chi connectivity index (χ2v) is 9.79. The van der Waals surface area contributed by atoms with Crippen molar-refractivity contribution in [1.29, 1.82) is 0 Å². The molecule has 36 heavy (non-hydrogen) atoms. The third-order valence-corrected chi connectivity index (χ3v) is 6.94. The second-order valence-electron chi connectivity index (χ2n) is 8.74. The molecule has 1 aromatic carbocycles. The highest BCUT2D eigenvalue weighted by Gasteiger charge is 2.26. The van der Waals surface area contributed by atoms with Gasteiger partial charge in [-0.15, -0.1) is 0 Å². The molecule has 0 saturated carbocycles. The second kappa shape index (κ2) is 11.8. The Bertz CT molecular complexity index is 1270. The van der Waals surface area contributed by atoms with Gasteiger partial charge in [0.25, 0.3) is 0 Å². The maximum absolute atomic E-state index is 12.7. The molecule has 1 unspecified atom stereocenters. The molecule has 0 saturated heterocycles. The van der Waals surface area contributed by atoms with Crippen LogP contribution in [0.15, 0.2) is 71.4 Å². The summed E-state index contributed by atoms with van der Waals surface area (Å²) in [5.74, 6) is 0.173. The molecule has 0 fully saturated rings.